The van der Waals surface area contributed by atoms with E-state index in [9.17, 15) is 14.4 Å². The van der Waals surface area contributed by atoms with Gasteiger partial charge in [0.05, 0.1) is 23.3 Å². The number of hydrogen-bond acceptors (Lipinski definition) is 8. The van der Waals surface area contributed by atoms with Gasteiger partial charge in [0.1, 0.15) is 5.00 Å². The highest BCUT2D eigenvalue weighted by Gasteiger charge is 2.25. The number of anilines is 1. The van der Waals surface area contributed by atoms with Gasteiger partial charge in [-0.15, -0.1) is 21.5 Å². The minimum absolute atomic E-state index is 0.0311. The fraction of sp³-hybridized carbons (Fsp3) is 0.250. The number of thioether (sulfide) groups is 1. The Bertz CT molecular complexity index is 1150. The third kappa shape index (κ3) is 4.78. The van der Waals surface area contributed by atoms with E-state index < -0.39 is 11.9 Å². The molecule has 0 unspecified atom stereocenters. The van der Waals surface area contributed by atoms with Crippen molar-refractivity contribution in [2.45, 2.75) is 19.0 Å². The Hall–Kier alpha value is -3.18. The van der Waals surface area contributed by atoms with Crippen LogP contribution in [0.1, 0.15) is 31.2 Å². The van der Waals surface area contributed by atoms with Crippen molar-refractivity contribution in [2.75, 3.05) is 18.2 Å². The lowest BCUT2D eigenvalue weighted by molar-refractivity contribution is -0.113. The second-order valence-electron chi connectivity index (χ2n) is 6.68. The van der Waals surface area contributed by atoms with Gasteiger partial charge in [0.2, 0.25) is 5.91 Å². The molecule has 1 aromatic carbocycles. The number of aryl methyl sites for hydroxylation is 1. The van der Waals surface area contributed by atoms with E-state index in [1.54, 1.807) is 6.92 Å². The summed E-state index contributed by atoms with van der Waals surface area (Å²) in [5.41, 5.74) is 7.94. The number of nitrogens with two attached hydrogens (primary N) is 1. The first-order chi connectivity index (χ1) is 14.7. The lowest BCUT2D eigenvalue weighted by Gasteiger charge is -2.06. The predicted molar refractivity (Wildman–Crippen MR) is 119 cm³/mol. The molecule has 0 aliphatic carbocycles. The number of rotatable bonds is 7. The molecule has 0 saturated heterocycles. The fourth-order valence-electron chi connectivity index (χ4n) is 2.87. The zero-order valence-corrected chi connectivity index (χ0v) is 19.0. The molecule has 0 radical (unpaired) electrons. The summed E-state index contributed by atoms with van der Waals surface area (Å²) in [6.45, 7) is 3.59. The van der Waals surface area contributed by atoms with Gasteiger partial charge in [-0.25, -0.2) is 4.79 Å². The molecule has 0 atom stereocenters. The molecule has 31 heavy (non-hydrogen) atoms. The number of ether oxygens (including phenoxy) is 1. The fourth-order valence-corrected chi connectivity index (χ4v) is 4.65. The third-order valence-corrected chi connectivity index (χ3v) is 6.73. The maximum Gasteiger partial charge on any atom is 0.341 e. The Morgan fingerprint density at radius 1 is 1.19 bits per heavy atom. The molecular weight excluding hydrogens is 438 g/mol. The number of methoxy groups -OCH3 is 1. The Morgan fingerprint density at radius 3 is 2.48 bits per heavy atom. The van der Waals surface area contributed by atoms with Crippen LogP contribution in [0.25, 0.3) is 11.4 Å². The van der Waals surface area contributed by atoms with Crippen molar-refractivity contribution in [1.29, 1.82) is 0 Å². The van der Waals surface area contributed by atoms with Crippen LogP contribution in [0.4, 0.5) is 5.00 Å². The molecule has 162 valence electrons. The highest BCUT2D eigenvalue weighted by molar-refractivity contribution is 7.99. The van der Waals surface area contributed by atoms with Crippen LogP contribution in [-0.4, -0.2) is 45.4 Å². The molecule has 0 fully saturated rings. The Morgan fingerprint density at radius 2 is 1.87 bits per heavy atom. The summed E-state index contributed by atoms with van der Waals surface area (Å²) in [5, 5.41) is 11.8. The zero-order valence-electron chi connectivity index (χ0n) is 17.4. The van der Waals surface area contributed by atoms with Crippen molar-refractivity contribution in [3.63, 3.8) is 0 Å². The van der Waals surface area contributed by atoms with Gasteiger partial charge in [-0.3, -0.25) is 9.59 Å². The molecule has 11 heteroatoms. The molecule has 0 bridgehead atoms. The van der Waals surface area contributed by atoms with Crippen molar-refractivity contribution >= 4 is 45.9 Å². The normalized spacial score (nSPS) is 10.7. The van der Waals surface area contributed by atoms with Gasteiger partial charge in [-0.05, 0) is 19.4 Å². The van der Waals surface area contributed by atoms with Gasteiger partial charge in [0, 0.05) is 12.6 Å². The maximum atomic E-state index is 12.5. The lowest BCUT2D eigenvalue weighted by atomic mass is 10.1. The SMILES string of the molecule is COC(=O)c1c(NC(=O)CSc2nnc(-c3ccc(C)cc3)n2C)sc(C(N)=O)c1C. The summed E-state index contributed by atoms with van der Waals surface area (Å²) in [4.78, 5) is 36.4. The summed E-state index contributed by atoms with van der Waals surface area (Å²) in [6, 6.07) is 7.91. The number of aromatic nitrogens is 3. The van der Waals surface area contributed by atoms with Gasteiger partial charge >= 0.3 is 5.97 Å². The van der Waals surface area contributed by atoms with E-state index >= 15 is 0 Å². The minimum atomic E-state index is -0.676. The smallest absolute Gasteiger partial charge is 0.341 e. The average Bonchev–Trinajstić information content (AvgIpc) is 3.26. The molecule has 0 saturated carbocycles. The van der Waals surface area contributed by atoms with E-state index in [-0.39, 0.29) is 27.1 Å². The molecule has 0 aliphatic heterocycles. The largest absolute Gasteiger partial charge is 0.465 e. The van der Waals surface area contributed by atoms with Gasteiger partial charge in [0.25, 0.3) is 5.91 Å². The van der Waals surface area contributed by atoms with Crippen molar-refractivity contribution in [1.82, 2.24) is 14.8 Å². The van der Waals surface area contributed by atoms with Crippen LogP contribution in [-0.2, 0) is 16.6 Å². The first kappa shape index (κ1) is 22.5. The van der Waals surface area contributed by atoms with Gasteiger partial charge < -0.3 is 20.4 Å². The number of thiophene rings is 1. The second kappa shape index (κ2) is 9.31. The second-order valence-corrected chi connectivity index (χ2v) is 8.65. The van der Waals surface area contributed by atoms with Crippen LogP contribution in [0.5, 0.6) is 0 Å². The lowest BCUT2D eigenvalue weighted by Crippen LogP contribution is -2.16. The van der Waals surface area contributed by atoms with Crippen molar-refractivity contribution in [3.8, 4) is 11.4 Å². The molecule has 2 heterocycles. The molecule has 3 aromatic rings. The molecule has 9 nitrogen and oxygen atoms in total. The van der Waals surface area contributed by atoms with E-state index in [1.165, 1.54) is 18.9 Å². The molecule has 2 amide bonds. The average molecular weight is 460 g/mol. The first-order valence-corrected chi connectivity index (χ1v) is 10.9. The number of hydrogen-bond donors (Lipinski definition) is 2. The standard InChI is InChI=1S/C20H21N5O4S2/c1-10-5-7-12(8-6-10)17-23-24-20(25(17)3)30-9-13(26)22-18-14(19(28)29-4)11(2)15(31-18)16(21)27/h5-8H,9H2,1-4H3,(H2,21,27)(H,22,26). The van der Waals surface area contributed by atoms with Crippen LogP contribution < -0.4 is 11.1 Å². The van der Waals surface area contributed by atoms with Crippen molar-refractivity contribution in [3.05, 3.63) is 45.8 Å². The highest BCUT2D eigenvalue weighted by Crippen LogP contribution is 2.33. The zero-order chi connectivity index (χ0) is 22.7. The number of esters is 1. The quantitative estimate of drug-likeness (QED) is 0.410. The van der Waals surface area contributed by atoms with Crippen LogP contribution in [0.3, 0.4) is 0 Å². The Kier molecular flexibility index (Phi) is 6.76. The Labute approximate surface area is 187 Å². The summed E-state index contributed by atoms with van der Waals surface area (Å²) in [6.07, 6.45) is 0. The van der Waals surface area contributed by atoms with Crippen LogP contribution in [0, 0.1) is 13.8 Å². The van der Waals surface area contributed by atoms with E-state index in [0.29, 0.717) is 16.5 Å². The number of benzene rings is 1. The number of nitrogens with zero attached hydrogens (tertiary/aromatic N) is 3. The summed E-state index contributed by atoms with van der Waals surface area (Å²) >= 11 is 2.15. The first-order valence-electron chi connectivity index (χ1n) is 9.13. The van der Waals surface area contributed by atoms with E-state index in [2.05, 4.69) is 15.5 Å². The molecule has 2 aromatic heterocycles. The summed E-state index contributed by atoms with van der Waals surface area (Å²) in [5.74, 6) is -0.975. The van der Waals surface area contributed by atoms with Gasteiger partial charge in [0.15, 0.2) is 11.0 Å². The van der Waals surface area contributed by atoms with Crippen molar-refractivity contribution < 1.29 is 19.1 Å². The highest BCUT2D eigenvalue weighted by atomic mass is 32.2. The minimum Gasteiger partial charge on any atom is -0.465 e. The van der Waals surface area contributed by atoms with Crippen molar-refractivity contribution in [2.24, 2.45) is 12.8 Å². The monoisotopic (exact) mass is 459 g/mol. The van der Waals surface area contributed by atoms with Gasteiger partial charge in [-0.1, -0.05) is 41.6 Å². The van der Waals surface area contributed by atoms with Crippen LogP contribution in [0.15, 0.2) is 29.4 Å². The maximum absolute atomic E-state index is 12.5. The molecule has 0 aliphatic rings. The molecule has 3 N–H and O–H groups in total. The number of primary amides is 1. The molecule has 3 rings (SSSR count). The Balaban J connectivity index is 1.73. The van der Waals surface area contributed by atoms with E-state index in [0.717, 1.165) is 22.5 Å². The van der Waals surface area contributed by atoms with Crippen LogP contribution >= 0.6 is 23.1 Å². The predicted octanol–water partition coefficient (Wildman–Crippen LogP) is 2.78. The molecular formula is C20H21N5O4S2. The van der Waals surface area contributed by atoms with Gasteiger partial charge in [-0.2, -0.15) is 0 Å². The number of amides is 2. The summed E-state index contributed by atoms with van der Waals surface area (Å²) in [7, 11) is 3.05. The van der Waals surface area contributed by atoms with Crippen LogP contribution in [0.2, 0.25) is 0 Å². The topological polar surface area (TPSA) is 129 Å². The molecule has 0 spiro atoms. The summed E-state index contributed by atoms with van der Waals surface area (Å²) < 4.78 is 6.58. The van der Waals surface area contributed by atoms with E-state index in [4.69, 9.17) is 10.5 Å². The third-order valence-electron chi connectivity index (χ3n) is 4.49. The van der Waals surface area contributed by atoms with E-state index in [1.807, 2.05) is 42.8 Å². The number of carbonyl (C=O) groups excluding carboxylic acids is 3. The number of nitrogens with one attached hydrogen (secondary N) is 1. The number of carbonyl (C=O) groups is 3.